The number of amides is 1. The lowest BCUT2D eigenvalue weighted by atomic mass is 10.2. The molecule has 0 spiro atoms. The van der Waals surface area contributed by atoms with E-state index in [1.54, 1.807) is 36.5 Å². The number of sulfonamides is 1. The molecule has 0 unspecified atom stereocenters. The van der Waals surface area contributed by atoms with Crippen molar-refractivity contribution in [1.29, 1.82) is 0 Å². The second kappa shape index (κ2) is 6.43. The van der Waals surface area contributed by atoms with Crippen LogP contribution in [0.5, 0.6) is 0 Å². The van der Waals surface area contributed by atoms with Gasteiger partial charge in [0, 0.05) is 16.6 Å². The van der Waals surface area contributed by atoms with Crippen molar-refractivity contribution in [2.24, 2.45) is 5.14 Å². The lowest BCUT2D eigenvalue weighted by Crippen LogP contribution is -2.15. The highest BCUT2D eigenvalue weighted by atomic mass is 32.2. The molecule has 1 aromatic carbocycles. The Balaban J connectivity index is 2.16. The second-order valence-corrected chi connectivity index (χ2v) is 7.29. The molecule has 22 heavy (non-hydrogen) atoms. The van der Waals surface area contributed by atoms with E-state index in [-0.39, 0.29) is 10.8 Å². The summed E-state index contributed by atoms with van der Waals surface area (Å²) in [5.74, 6) is -0.336. The molecule has 1 amide bonds. The van der Waals surface area contributed by atoms with E-state index in [0.29, 0.717) is 11.3 Å². The molecule has 2 rings (SSSR count). The number of anilines is 1. The van der Waals surface area contributed by atoms with Crippen LogP contribution < -0.4 is 10.5 Å². The summed E-state index contributed by atoms with van der Waals surface area (Å²) in [6, 6.07) is 6.56. The van der Waals surface area contributed by atoms with E-state index in [1.165, 1.54) is 12.1 Å². The Labute approximate surface area is 133 Å². The van der Waals surface area contributed by atoms with Gasteiger partial charge < -0.3 is 5.32 Å². The Morgan fingerprint density at radius 3 is 2.55 bits per heavy atom. The number of hydrogen-bond acceptors (Lipinski definition) is 4. The molecule has 2 aromatic rings. The molecule has 3 N–H and O–H groups in total. The number of nitrogens with two attached hydrogens (primary N) is 1. The van der Waals surface area contributed by atoms with Crippen LogP contribution in [0.1, 0.15) is 16.0 Å². The molecular formula is C15H16N2O3S2. The zero-order valence-electron chi connectivity index (χ0n) is 12.2. The summed E-state index contributed by atoms with van der Waals surface area (Å²) in [7, 11) is -3.81. The molecular weight excluding hydrogens is 320 g/mol. The number of rotatable bonds is 4. The zero-order chi connectivity index (χ0) is 16.3. The smallest absolute Gasteiger partial charge is 0.248 e. The Kier molecular flexibility index (Phi) is 4.80. The number of nitrogens with one attached hydrogen (secondary N) is 1. The molecule has 1 heterocycles. The monoisotopic (exact) mass is 336 g/mol. The average Bonchev–Trinajstić information content (AvgIpc) is 2.83. The van der Waals surface area contributed by atoms with Crippen LogP contribution in [0.4, 0.5) is 5.69 Å². The summed E-state index contributed by atoms with van der Waals surface area (Å²) in [5, 5.41) is 9.72. The maximum atomic E-state index is 11.9. The van der Waals surface area contributed by atoms with Gasteiger partial charge in [-0.1, -0.05) is 6.07 Å². The molecule has 0 saturated heterocycles. The van der Waals surface area contributed by atoms with E-state index < -0.39 is 10.0 Å². The minimum Gasteiger partial charge on any atom is -0.322 e. The van der Waals surface area contributed by atoms with E-state index in [4.69, 9.17) is 5.14 Å². The minimum absolute atomic E-state index is 0.00313. The molecule has 7 heteroatoms. The molecule has 1 aromatic heterocycles. The lowest BCUT2D eigenvalue weighted by molar-refractivity contribution is -0.111. The third-order valence-corrected chi connectivity index (χ3v) is 5.09. The summed E-state index contributed by atoms with van der Waals surface area (Å²) in [6.07, 6.45) is 3.14. The number of carbonyl (C=O) groups is 1. The fraction of sp³-hybridized carbons (Fsp3) is 0.133. The normalized spacial score (nSPS) is 11.8. The topological polar surface area (TPSA) is 89.3 Å². The van der Waals surface area contributed by atoms with Gasteiger partial charge in [-0.25, -0.2) is 13.6 Å². The molecule has 5 nitrogen and oxygen atoms in total. The predicted octanol–water partition coefficient (Wildman–Crippen LogP) is 2.66. The van der Waals surface area contributed by atoms with Crippen LogP contribution in [0.3, 0.4) is 0 Å². The highest BCUT2D eigenvalue weighted by molar-refractivity contribution is 7.89. The van der Waals surface area contributed by atoms with Gasteiger partial charge in [-0.15, -0.1) is 11.3 Å². The summed E-state index contributed by atoms with van der Waals surface area (Å²) >= 11 is 1.54. The largest absolute Gasteiger partial charge is 0.322 e. The van der Waals surface area contributed by atoms with Crippen LogP contribution in [0.15, 0.2) is 40.6 Å². The zero-order valence-corrected chi connectivity index (χ0v) is 13.8. The Hall–Kier alpha value is -1.96. The Morgan fingerprint density at radius 2 is 1.95 bits per heavy atom. The van der Waals surface area contributed by atoms with Gasteiger partial charge in [0.05, 0.1) is 4.90 Å². The summed E-state index contributed by atoms with van der Waals surface area (Å²) in [4.78, 5) is 12.9. The maximum Gasteiger partial charge on any atom is 0.248 e. The molecule has 0 atom stereocenters. The van der Waals surface area contributed by atoms with Crippen LogP contribution >= 0.6 is 11.3 Å². The molecule has 0 bridgehead atoms. The molecule has 0 fully saturated rings. The first-order valence-electron chi connectivity index (χ1n) is 6.44. The van der Waals surface area contributed by atoms with Crippen LogP contribution in [-0.4, -0.2) is 14.3 Å². The van der Waals surface area contributed by atoms with Crippen molar-refractivity contribution in [1.82, 2.24) is 0 Å². The number of hydrogen-bond donors (Lipinski definition) is 2. The Morgan fingerprint density at radius 1 is 1.23 bits per heavy atom. The van der Waals surface area contributed by atoms with Crippen LogP contribution in [0.25, 0.3) is 6.08 Å². The summed E-state index contributed by atoms with van der Waals surface area (Å²) in [6.45, 7) is 3.61. The number of thiophene rings is 1. The Bertz CT molecular complexity index is 836. The van der Waals surface area contributed by atoms with Crippen molar-refractivity contribution in [2.45, 2.75) is 18.7 Å². The summed E-state index contributed by atoms with van der Waals surface area (Å²) in [5.41, 5.74) is 2.01. The van der Waals surface area contributed by atoms with Gasteiger partial charge in [0.15, 0.2) is 0 Å². The molecule has 0 saturated carbocycles. The molecule has 0 aliphatic rings. The SMILES string of the molecule is Cc1ccc(NC(=O)/C=C/c2sccc2C)cc1S(N)(=O)=O. The maximum absolute atomic E-state index is 11.9. The van der Waals surface area contributed by atoms with Crippen molar-refractivity contribution in [2.75, 3.05) is 5.32 Å². The molecule has 116 valence electrons. The lowest BCUT2D eigenvalue weighted by Gasteiger charge is -2.07. The van der Waals surface area contributed by atoms with E-state index in [2.05, 4.69) is 5.32 Å². The van der Waals surface area contributed by atoms with E-state index in [1.807, 2.05) is 18.4 Å². The fourth-order valence-electron chi connectivity index (χ4n) is 1.87. The van der Waals surface area contributed by atoms with E-state index in [0.717, 1.165) is 10.4 Å². The first kappa shape index (κ1) is 16.4. The van der Waals surface area contributed by atoms with Gasteiger partial charge in [0.1, 0.15) is 0 Å². The quantitative estimate of drug-likeness (QED) is 0.841. The predicted molar refractivity (Wildman–Crippen MR) is 89.3 cm³/mol. The number of primary sulfonamides is 1. The van der Waals surface area contributed by atoms with Crippen LogP contribution in [0.2, 0.25) is 0 Å². The van der Waals surface area contributed by atoms with Crippen molar-refractivity contribution in [3.8, 4) is 0 Å². The van der Waals surface area contributed by atoms with Gasteiger partial charge in [-0.3, -0.25) is 4.79 Å². The van der Waals surface area contributed by atoms with E-state index >= 15 is 0 Å². The molecule has 0 aliphatic heterocycles. The average molecular weight is 336 g/mol. The highest BCUT2D eigenvalue weighted by Crippen LogP contribution is 2.20. The van der Waals surface area contributed by atoms with Gasteiger partial charge in [-0.2, -0.15) is 0 Å². The number of aryl methyl sites for hydroxylation is 2. The van der Waals surface area contributed by atoms with Crippen molar-refractivity contribution in [3.05, 3.63) is 51.7 Å². The highest BCUT2D eigenvalue weighted by Gasteiger charge is 2.12. The van der Waals surface area contributed by atoms with Gasteiger partial charge in [0.25, 0.3) is 0 Å². The first-order valence-corrected chi connectivity index (χ1v) is 8.86. The second-order valence-electron chi connectivity index (χ2n) is 4.82. The van der Waals surface area contributed by atoms with Crippen molar-refractivity contribution < 1.29 is 13.2 Å². The van der Waals surface area contributed by atoms with Gasteiger partial charge in [0.2, 0.25) is 15.9 Å². The van der Waals surface area contributed by atoms with Crippen LogP contribution in [0, 0.1) is 13.8 Å². The first-order chi connectivity index (χ1) is 10.3. The standard InChI is InChI=1S/C15H16N2O3S2/c1-10-7-8-21-13(10)5-6-15(18)17-12-4-3-11(2)14(9-12)22(16,19)20/h3-9H,1-2H3,(H,17,18)(H2,16,19,20)/b6-5+. The van der Waals surface area contributed by atoms with Crippen LogP contribution in [-0.2, 0) is 14.8 Å². The fourth-order valence-corrected chi connectivity index (χ4v) is 3.50. The van der Waals surface area contributed by atoms with Crippen molar-refractivity contribution in [3.63, 3.8) is 0 Å². The third kappa shape index (κ3) is 4.03. The summed E-state index contributed by atoms with van der Waals surface area (Å²) < 4.78 is 22.9. The van der Waals surface area contributed by atoms with Gasteiger partial charge >= 0.3 is 0 Å². The number of carbonyl (C=O) groups excluding carboxylic acids is 1. The third-order valence-electron chi connectivity index (χ3n) is 3.05. The number of benzene rings is 1. The molecule has 0 radical (unpaired) electrons. The van der Waals surface area contributed by atoms with Crippen molar-refractivity contribution >= 4 is 39.0 Å². The molecule has 0 aliphatic carbocycles. The van der Waals surface area contributed by atoms with E-state index in [9.17, 15) is 13.2 Å². The minimum atomic E-state index is -3.81. The van der Waals surface area contributed by atoms with Gasteiger partial charge in [-0.05, 0) is 54.6 Å².